The minimum absolute atomic E-state index is 0.00854. The van der Waals surface area contributed by atoms with Crippen molar-refractivity contribution in [3.05, 3.63) is 53.2 Å². The molecule has 10 heteroatoms. The van der Waals surface area contributed by atoms with E-state index < -0.39 is 0 Å². The molecule has 0 aliphatic carbocycles. The first-order chi connectivity index (χ1) is 17.0. The third kappa shape index (κ3) is 4.90. The van der Waals surface area contributed by atoms with Gasteiger partial charge in [0.15, 0.2) is 5.13 Å². The molecular weight excluding hydrogens is 466 g/mol. The molecule has 2 aliphatic rings. The molecule has 2 aliphatic heterocycles. The Morgan fingerprint density at radius 3 is 2.54 bits per heavy atom. The normalized spacial score (nSPS) is 16.7. The summed E-state index contributed by atoms with van der Waals surface area (Å²) >= 11 is 1.39. The first kappa shape index (κ1) is 23.4. The van der Waals surface area contributed by atoms with E-state index >= 15 is 0 Å². The van der Waals surface area contributed by atoms with Gasteiger partial charge in [-0.15, -0.1) is 0 Å². The predicted molar refractivity (Wildman–Crippen MR) is 135 cm³/mol. The van der Waals surface area contributed by atoms with Gasteiger partial charge in [-0.25, -0.2) is 9.97 Å². The number of aromatic nitrogens is 2. The van der Waals surface area contributed by atoms with Crippen molar-refractivity contribution < 1.29 is 19.1 Å². The van der Waals surface area contributed by atoms with E-state index in [1.807, 2.05) is 4.90 Å². The standard InChI is InChI=1S/C25H27N5O4S/c1-29-9-11-30(12-10-29)24(32)18-5-3-17(4-6-18)22(31)28-25-27-20-21(35-25)19(15-26-23(20)33-2)16-7-13-34-14-8-16/h3-7,15H,8-14H2,1-2H3,(H,27,28,31). The number of piperazine rings is 1. The van der Waals surface area contributed by atoms with Crippen molar-refractivity contribution >= 4 is 44.1 Å². The number of carbonyl (C=O) groups excluding carboxylic acids is 2. The number of pyridine rings is 1. The average Bonchev–Trinajstić information content (AvgIpc) is 3.32. The summed E-state index contributed by atoms with van der Waals surface area (Å²) in [5.41, 5.74) is 3.78. The van der Waals surface area contributed by atoms with Crippen LogP contribution in [0.5, 0.6) is 5.88 Å². The summed E-state index contributed by atoms with van der Waals surface area (Å²) in [5.74, 6) is 0.118. The van der Waals surface area contributed by atoms with Crippen LogP contribution in [0, 0.1) is 0 Å². The molecule has 0 radical (unpaired) electrons. The summed E-state index contributed by atoms with van der Waals surface area (Å²) in [5, 5.41) is 3.35. The number of anilines is 1. The Kier molecular flexibility index (Phi) is 6.76. The van der Waals surface area contributed by atoms with E-state index in [0.717, 1.165) is 35.3 Å². The SMILES string of the molecule is COc1ncc(C2=CCOCC2)c2sc(NC(=O)c3ccc(C(=O)N4CCN(C)CC4)cc3)nc12. The zero-order valence-corrected chi connectivity index (χ0v) is 20.6. The highest BCUT2D eigenvalue weighted by molar-refractivity contribution is 7.22. The van der Waals surface area contributed by atoms with Gasteiger partial charge in [0, 0.05) is 49.1 Å². The molecule has 2 amide bonds. The fourth-order valence-electron chi connectivity index (χ4n) is 4.22. The van der Waals surface area contributed by atoms with Crippen LogP contribution in [0.15, 0.2) is 36.5 Å². The van der Waals surface area contributed by atoms with Crippen molar-refractivity contribution in [3.63, 3.8) is 0 Å². The Bertz CT molecular complexity index is 1280. The molecule has 1 fully saturated rings. The molecule has 4 heterocycles. The Balaban J connectivity index is 1.34. The number of amides is 2. The maximum atomic E-state index is 12.9. The van der Waals surface area contributed by atoms with Crippen molar-refractivity contribution in [2.45, 2.75) is 6.42 Å². The number of hydrogen-bond donors (Lipinski definition) is 1. The van der Waals surface area contributed by atoms with Gasteiger partial charge in [0.2, 0.25) is 5.88 Å². The first-order valence-corrected chi connectivity index (χ1v) is 12.3. The third-order valence-corrected chi connectivity index (χ3v) is 7.30. The lowest BCUT2D eigenvalue weighted by atomic mass is 10.0. The minimum Gasteiger partial charge on any atom is -0.479 e. The summed E-state index contributed by atoms with van der Waals surface area (Å²) in [7, 11) is 3.61. The Morgan fingerprint density at radius 1 is 1.11 bits per heavy atom. The third-order valence-electron chi connectivity index (χ3n) is 6.29. The van der Waals surface area contributed by atoms with Gasteiger partial charge in [0.1, 0.15) is 5.52 Å². The summed E-state index contributed by atoms with van der Waals surface area (Å²) < 4.78 is 11.7. The van der Waals surface area contributed by atoms with Crippen LogP contribution < -0.4 is 10.1 Å². The van der Waals surface area contributed by atoms with Gasteiger partial charge in [-0.2, -0.15) is 0 Å². The van der Waals surface area contributed by atoms with Crippen LogP contribution in [0.4, 0.5) is 5.13 Å². The number of methoxy groups -OCH3 is 1. The molecule has 3 aromatic rings. The summed E-state index contributed by atoms with van der Waals surface area (Å²) in [6.07, 6.45) is 4.63. The topological polar surface area (TPSA) is 96.9 Å². The fraction of sp³-hybridized carbons (Fsp3) is 0.360. The molecule has 1 N–H and O–H groups in total. The molecule has 9 nitrogen and oxygen atoms in total. The number of nitrogens with zero attached hydrogens (tertiary/aromatic N) is 4. The van der Waals surface area contributed by atoms with E-state index in [-0.39, 0.29) is 11.8 Å². The van der Waals surface area contributed by atoms with Gasteiger partial charge in [-0.3, -0.25) is 14.9 Å². The summed E-state index contributed by atoms with van der Waals surface area (Å²) in [6, 6.07) is 6.76. The molecule has 0 atom stereocenters. The van der Waals surface area contributed by atoms with E-state index in [4.69, 9.17) is 9.47 Å². The molecule has 0 spiro atoms. The second kappa shape index (κ2) is 10.1. The van der Waals surface area contributed by atoms with Crippen molar-refractivity contribution in [1.29, 1.82) is 0 Å². The Labute approximate surface area is 207 Å². The number of carbonyl (C=O) groups is 2. The molecule has 0 saturated carbocycles. The van der Waals surface area contributed by atoms with E-state index in [1.165, 1.54) is 11.3 Å². The molecule has 0 bridgehead atoms. The number of benzene rings is 1. The van der Waals surface area contributed by atoms with Crippen molar-refractivity contribution in [2.75, 3.05) is 58.9 Å². The van der Waals surface area contributed by atoms with Crippen LogP contribution in [0.25, 0.3) is 15.8 Å². The number of fused-ring (bicyclic) bond motifs is 1. The van der Waals surface area contributed by atoms with Crippen molar-refractivity contribution in [2.24, 2.45) is 0 Å². The van der Waals surface area contributed by atoms with E-state index in [0.29, 0.717) is 54.0 Å². The van der Waals surface area contributed by atoms with E-state index in [2.05, 4.69) is 33.3 Å². The number of rotatable bonds is 5. The van der Waals surface area contributed by atoms with Crippen molar-refractivity contribution in [3.8, 4) is 5.88 Å². The smallest absolute Gasteiger partial charge is 0.257 e. The highest BCUT2D eigenvalue weighted by Crippen LogP contribution is 2.37. The maximum Gasteiger partial charge on any atom is 0.257 e. The molecule has 35 heavy (non-hydrogen) atoms. The number of hydrogen-bond acceptors (Lipinski definition) is 8. The second-order valence-corrected chi connectivity index (χ2v) is 9.56. The summed E-state index contributed by atoms with van der Waals surface area (Å²) in [4.78, 5) is 38.8. The minimum atomic E-state index is -0.290. The molecule has 1 aromatic carbocycles. The monoisotopic (exact) mass is 493 g/mol. The quantitative estimate of drug-likeness (QED) is 0.583. The van der Waals surface area contributed by atoms with Gasteiger partial charge in [-0.1, -0.05) is 17.4 Å². The van der Waals surface area contributed by atoms with Gasteiger partial charge in [0.25, 0.3) is 11.8 Å². The zero-order chi connectivity index (χ0) is 24.4. The number of likely N-dealkylation sites (N-methyl/N-ethyl adjacent to an activating group) is 1. The van der Waals surface area contributed by atoms with Gasteiger partial charge < -0.3 is 19.3 Å². The molecule has 1 saturated heterocycles. The lowest BCUT2D eigenvalue weighted by Crippen LogP contribution is -2.47. The van der Waals surface area contributed by atoms with Crippen LogP contribution in [-0.2, 0) is 4.74 Å². The Morgan fingerprint density at radius 2 is 1.86 bits per heavy atom. The lowest BCUT2D eigenvalue weighted by Gasteiger charge is -2.32. The van der Waals surface area contributed by atoms with Crippen LogP contribution in [0.1, 0.15) is 32.7 Å². The lowest BCUT2D eigenvalue weighted by molar-refractivity contribution is 0.0663. The van der Waals surface area contributed by atoms with E-state index in [1.54, 1.807) is 37.6 Å². The predicted octanol–water partition coefficient (Wildman–Crippen LogP) is 3.14. The van der Waals surface area contributed by atoms with Crippen molar-refractivity contribution in [1.82, 2.24) is 19.8 Å². The molecular formula is C25H27N5O4S. The maximum absolute atomic E-state index is 12.9. The average molecular weight is 494 g/mol. The highest BCUT2D eigenvalue weighted by Gasteiger charge is 2.22. The molecule has 0 unspecified atom stereocenters. The van der Waals surface area contributed by atoms with E-state index in [9.17, 15) is 9.59 Å². The molecule has 2 aromatic heterocycles. The van der Waals surface area contributed by atoms with Gasteiger partial charge in [0.05, 0.1) is 25.0 Å². The van der Waals surface area contributed by atoms with Crippen LogP contribution in [0.2, 0.25) is 0 Å². The molecule has 5 rings (SSSR count). The Hall–Kier alpha value is -3.34. The number of nitrogens with one attached hydrogen (secondary N) is 1. The van der Waals surface area contributed by atoms with Gasteiger partial charge in [-0.05, 0) is 43.3 Å². The van der Waals surface area contributed by atoms with Gasteiger partial charge >= 0.3 is 0 Å². The van der Waals surface area contributed by atoms with Crippen LogP contribution in [-0.4, -0.2) is 85.1 Å². The second-order valence-electron chi connectivity index (χ2n) is 8.56. The van der Waals surface area contributed by atoms with Crippen LogP contribution in [0.3, 0.4) is 0 Å². The molecule has 182 valence electrons. The number of thiazole rings is 1. The first-order valence-electron chi connectivity index (χ1n) is 11.5. The summed E-state index contributed by atoms with van der Waals surface area (Å²) in [6.45, 7) is 4.37. The largest absolute Gasteiger partial charge is 0.479 e. The zero-order valence-electron chi connectivity index (χ0n) is 19.7. The fourth-order valence-corrected chi connectivity index (χ4v) is 5.22. The van der Waals surface area contributed by atoms with Crippen LogP contribution >= 0.6 is 11.3 Å². The highest BCUT2D eigenvalue weighted by atomic mass is 32.1. The number of ether oxygens (including phenoxy) is 2.